The van der Waals surface area contributed by atoms with E-state index in [1.165, 1.54) is 21.6 Å². The van der Waals surface area contributed by atoms with Gasteiger partial charge in [0.15, 0.2) is 5.78 Å². The molecule has 0 N–H and O–H groups in total. The molecule has 162 valence electrons. The zero-order chi connectivity index (χ0) is 22.4. The molecule has 2 aliphatic rings. The predicted octanol–water partition coefficient (Wildman–Crippen LogP) is 5.57. The predicted molar refractivity (Wildman–Crippen MR) is 137 cm³/mol. The number of nitrogens with zero attached hydrogens (tertiary/aromatic N) is 3. The highest BCUT2D eigenvalue weighted by Crippen LogP contribution is 2.43. The number of anilines is 2. The van der Waals surface area contributed by atoms with E-state index in [1.54, 1.807) is 11.3 Å². The van der Waals surface area contributed by atoms with Gasteiger partial charge in [0.05, 0.1) is 11.4 Å². The first-order valence-electron chi connectivity index (χ1n) is 11.1. The fraction of sp³-hybridized carbons (Fsp3) is 0.231. The van der Waals surface area contributed by atoms with Gasteiger partial charge in [0, 0.05) is 41.3 Å². The molecule has 0 amide bonds. The lowest BCUT2D eigenvalue weighted by Crippen LogP contribution is -2.34. The molecule has 0 unspecified atom stereocenters. The fourth-order valence-corrected chi connectivity index (χ4v) is 6.08. The Bertz CT molecular complexity index is 1300. The van der Waals surface area contributed by atoms with Crippen molar-refractivity contribution in [2.24, 2.45) is 0 Å². The van der Waals surface area contributed by atoms with Crippen molar-refractivity contribution in [2.45, 2.75) is 27.3 Å². The van der Waals surface area contributed by atoms with Crippen LogP contribution in [0.1, 0.15) is 25.8 Å². The average molecular weight is 461 g/mol. The molecule has 3 aromatic rings. The Morgan fingerprint density at radius 1 is 0.938 bits per heavy atom. The number of rotatable bonds is 5. The number of Topliss-reactive ketones (excluding diaryl/α,β-unsaturated/α-hetero) is 1. The van der Waals surface area contributed by atoms with E-state index < -0.39 is 0 Å². The molecule has 1 aliphatic carbocycles. The van der Waals surface area contributed by atoms with E-state index in [4.69, 9.17) is 12.6 Å². The molecule has 2 aromatic carbocycles. The molecule has 2 heterocycles. The molecule has 1 aliphatic heterocycles. The van der Waals surface area contributed by atoms with Gasteiger partial charge in [-0.3, -0.25) is 4.79 Å². The van der Waals surface area contributed by atoms with Gasteiger partial charge in [-0.25, -0.2) is 0 Å². The Kier molecular flexibility index (Phi) is 5.43. The van der Waals surface area contributed by atoms with Crippen LogP contribution in [0.15, 0.2) is 76.5 Å². The number of carbonyl (C=O) groups is 1. The highest BCUT2D eigenvalue weighted by molar-refractivity contribution is 7.85. The highest BCUT2D eigenvalue weighted by Gasteiger charge is 2.35. The fourth-order valence-electron chi connectivity index (χ4n) is 4.58. The van der Waals surface area contributed by atoms with Crippen LogP contribution in [0.5, 0.6) is 0 Å². The van der Waals surface area contributed by atoms with Crippen molar-refractivity contribution >= 4 is 57.4 Å². The minimum absolute atomic E-state index is 0.0608. The van der Waals surface area contributed by atoms with Crippen molar-refractivity contribution in [1.29, 1.82) is 0 Å². The van der Waals surface area contributed by atoms with Crippen LogP contribution in [0, 0.1) is 0 Å². The molecule has 0 saturated heterocycles. The summed E-state index contributed by atoms with van der Waals surface area (Å²) in [5.74, 6) is 1.10. The summed E-state index contributed by atoms with van der Waals surface area (Å²) in [5.41, 5.74) is 4.94. The minimum Gasteiger partial charge on any atom is -0.326 e. The summed E-state index contributed by atoms with van der Waals surface area (Å²) >= 11 is 6.46. The van der Waals surface area contributed by atoms with E-state index in [2.05, 4.69) is 83.7 Å². The first kappa shape index (κ1) is 21.0. The van der Waals surface area contributed by atoms with E-state index in [0.29, 0.717) is 11.1 Å². The maximum absolute atomic E-state index is 13.2. The maximum atomic E-state index is 13.2. The molecule has 0 fully saturated rings. The van der Waals surface area contributed by atoms with Gasteiger partial charge in [0.25, 0.3) is 5.01 Å². The molecule has 32 heavy (non-hydrogen) atoms. The zero-order valence-corrected chi connectivity index (χ0v) is 20.2. The summed E-state index contributed by atoms with van der Waals surface area (Å²) in [4.78, 5) is 18.5. The second kappa shape index (κ2) is 8.26. The molecule has 6 heteroatoms. The molecular weight excluding hydrogens is 434 g/mol. The van der Waals surface area contributed by atoms with Gasteiger partial charge in [-0.05, 0) is 45.0 Å². The van der Waals surface area contributed by atoms with Crippen molar-refractivity contribution in [3.63, 3.8) is 0 Å². The van der Waals surface area contributed by atoms with Gasteiger partial charge in [0.1, 0.15) is 17.1 Å². The molecule has 5 rings (SSSR count). The van der Waals surface area contributed by atoms with Gasteiger partial charge >= 0.3 is 0 Å². The summed E-state index contributed by atoms with van der Waals surface area (Å²) in [6.07, 6.45) is 4.01. The van der Waals surface area contributed by atoms with Gasteiger partial charge in [-0.2, -0.15) is 4.57 Å². The lowest BCUT2D eigenvalue weighted by molar-refractivity contribution is -0.665. The van der Waals surface area contributed by atoms with Crippen LogP contribution in [-0.4, -0.2) is 18.9 Å². The first-order valence-corrected chi connectivity index (χ1v) is 12.3. The maximum Gasteiger partial charge on any atom is 0.263 e. The summed E-state index contributed by atoms with van der Waals surface area (Å²) < 4.78 is 3.48. The lowest BCUT2D eigenvalue weighted by atomic mass is 9.89. The minimum atomic E-state index is 0.0608. The topological polar surface area (TPSA) is 27.4 Å². The van der Waals surface area contributed by atoms with Crippen LogP contribution in [0.3, 0.4) is 0 Å². The Balaban J connectivity index is 1.55. The number of para-hydroxylation sites is 3. The number of hydrogen-bond donors (Lipinski definition) is 1. The van der Waals surface area contributed by atoms with E-state index in [9.17, 15) is 4.79 Å². The van der Waals surface area contributed by atoms with E-state index >= 15 is 0 Å². The number of benzene rings is 2. The molecule has 4 nitrogen and oxygen atoms in total. The molecule has 1 aromatic heterocycles. The number of aromatic nitrogens is 1. The highest BCUT2D eigenvalue weighted by atomic mass is 32.1. The van der Waals surface area contributed by atoms with E-state index in [1.807, 2.05) is 12.2 Å². The SMILES string of the molecule is CCN1C(=CC2=C(S)C(=Cc3sc4ccccc4[n+]3CC)C2=O)N(CC)c2ccccc21. The lowest BCUT2D eigenvalue weighted by Gasteiger charge is -2.26. The summed E-state index contributed by atoms with van der Waals surface area (Å²) in [6.45, 7) is 8.94. The van der Waals surface area contributed by atoms with Crippen molar-refractivity contribution in [3.05, 3.63) is 81.5 Å². The van der Waals surface area contributed by atoms with E-state index in [-0.39, 0.29) is 5.78 Å². The van der Waals surface area contributed by atoms with Gasteiger partial charge in [-0.1, -0.05) is 35.6 Å². The molecule has 0 spiro atoms. The third-order valence-corrected chi connectivity index (χ3v) is 7.74. The van der Waals surface area contributed by atoms with Crippen molar-refractivity contribution in [2.75, 3.05) is 22.9 Å². The standard InChI is InChI=1S/C26H25N3OS2/c1-4-27-19-11-7-8-12-20(19)28(5-2)23(27)15-17-25(30)18(26(17)31)16-24-29(6-3)21-13-9-10-14-22(21)32-24/h7-16H,4-6H2,1-3H3/p+1. The number of ketones is 1. The molecule has 0 atom stereocenters. The second-order valence-corrected chi connectivity index (χ2v) is 9.29. The average Bonchev–Trinajstić information content (AvgIpc) is 3.34. The van der Waals surface area contributed by atoms with Crippen LogP contribution in [0.2, 0.25) is 0 Å². The molecule has 0 bridgehead atoms. The van der Waals surface area contributed by atoms with Crippen molar-refractivity contribution < 1.29 is 9.36 Å². The Morgan fingerprint density at radius 2 is 1.56 bits per heavy atom. The molecule has 0 radical (unpaired) electrons. The number of carbonyl (C=O) groups excluding carboxylic acids is 1. The zero-order valence-electron chi connectivity index (χ0n) is 18.5. The molecular formula is C26H26N3OS2+. The molecule has 0 saturated carbocycles. The number of hydrogen-bond acceptors (Lipinski definition) is 5. The summed E-state index contributed by atoms with van der Waals surface area (Å²) in [5, 5.41) is 1.08. The normalized spacial score (nSPS) is 16.9. The number of thiazole rings is 1. The summed E-state index contributed by atoms with van der Waals surface area (Å²) in [6, 6.07) is 16.8. The third kappa shape index (κ3) is 3.12. The van der Waals surface area contributed by atoms with Crippen LogP contribution in [0.25, 0.3) is 16.3 Å². The first-order chi connectivity index (χ1) is 15.6. The monoisotopic (exact) mass is 460 g/mol. The van der Waals surface area contributed by atoms with Crippen molar-refractivity contribution in [1.82, 2.24) is 0 Å². The third-order valence-electron chi connectivity index (χ3n) is 6.14. The van der Waals surface area contributed by atoms with Crippen LogP contribution in [-0.2, 0) is 11.3 Å². The number of aryl methyl sites for hydroxylation is 1. The smallest absolute Gasteiger partial charge is 0.263 e. The van der Waals surface area contributed by atoms with E-state index in [0.717, 1.165) is 35.4 Å². The van der Waals surface area contributed by atoms with Gasteiger partial charge in [-0.15, -0.1) is 12.6 Å². The Hall–Kier alpha value is -2.83. The van der Waals surface area contributed by atoms with Crippen LogP contribution < -0.4 is 14.4 Å². The van der Waals surface area contributed by atoms with Gasteiger partial charge in [0.2, 0.25) is 5.52 Å². The Morgan fingerprint density at radius 3 is 2.16 bits per heavy atom. The van der Waals surface area contributed by atoms with Crippen molar-refractivity contribution in [3.8, 4) is 0 Å². The largest absolute Gasteiger partial charge is 0.326 e. The summed E-state index contributed by atoms with van der Waals surface area (Å²) in [7, 11) is 0. The number of thiol groups is 1. The van der Waals surface area contributed by atoms with Crippen LogP contribution >= 0.6 is 24.0 Å². The number of allylic oxidation sites excluding steroid dienone is 3. The van der Waals surface area contributed by atoms with Crippen LogP contribution in [0.4, 0.5) is 11.4 Å². The second-order valence-electron chi connectivity index (χ2n) is 7.78. The Labute approximate surface area is 198 Å². The number of fused-ring (bicyclic) bond motifs is 2. The van der Waals surface area contributed by atoms with Gasteiger partial charge < -0.3 is 9.80 Å². The quantitative estimate of drug-likeness (QED) is 0.307.